The van der Waals surface area contributed by atoms with Crippen LogP contribution in [0.2, 0.25) is 0 Å². The molecule has 0 aliphatic heterocycles. The molecule has 0 fully saturated rings. The molecule has 0 unspecified atom stereocenters. The maximum absolute atomic E-state index is 5.59. The largest absolute Gasteiger partial charge is 0.309 e. The number of hydrogen-bond acceptors (Lipinski definition) is 2. The topological polar surface area (TPSA) is 35.6 Å². The fraction of sp³-hybridized carbons (Fsp3) is 0.138. The monoisotopic (exact) mass is 796 g/mol. The number of fused-ring (bicyclic) bond motifs is 16. The Bertz CT molecular complexity index is 3810. The van der Waals surface area contributed by atoms with Crippen LogP contribution in [0.3, 0.4) is 0 Å². The van der Waals surface area contributed by atoms with Gasteiger partial charge in [0.05, 0.1) is 33.1 Å². The van der Waals surface area contributed by atoms with Gasteiger partial charge in [0.2, 0.25) is 0 Å². The van der Waals surface area contributed by atoms with Gasteiger partial charge in [-0.3, -0.25) is 4.57 Å². The summed E-state index contributed by atoms with van der Waals surface area (Å²) in [6.45, 7) is 9.78. The summed E-state index contributed by atoms with van der Waals surface area (Å²) in [5.74, 6) is 0.828. The van der Waals surface area contributed by atoms with Gasteiger partial charge in [0.15, 0.2) is 5.82 Å². The first-order valence-electron chi connectivity index (χ1n) is 22.0. The van der Waals surface area contributed by atoms with Gasteiger partial charge in [-0.05, 0) is 110 Å². The number of benzene rings is 9. The van der Waals surface area contributed by atoms with Crippen molar-refractivity contribution in [2.24, 2.45) is 0 Å². The third-order valence-electron chi connectivity index (χ3n) is 14.3. The van der Waals surface area contributed by atoms with E-state index in [-0.39, 0.29) is 10.8 Å². The Morgan fingerprint density at radius 3 is 1.63 bits per heavy atom. The number of nitrogens with zero attached hydrogens (tertiary/aromatic N) is 4. The minimum absolute atomic E-state index is 0.0116. The molecule has 62 heavy (non-hydrogen) atoms. The highest BCUT2D eigenvalue weighted by molar-refractivity contribution is 6.36. The van der Waals surface area contributed by atoms with E-state index in [2.05, 4.69) is 207 Å². The lowest BCUT2D eigenvalue weighted by molar-refractivity contribution is 0.334. The molecule has 12 aromatic rings. The molecule has 3 heterocycles. The number of hydrogen-bond donors (Lipinski definition) is 0. The molecule has 296 valence electrons. The van der Waals surface area contributed by atoms with E-state index < -0.39 is 0 Å². The van der Waals surface area contributed by atoms with E-state index >= 15 is 0 Å². The molecule has 0 N–H and O–H groups in total. The molecular formula is C58H44N4. The van der Waals surface area contributed by atoms with Gasteiger partial charge in [0.25, 0.3) is 0 Å². The fourth-order valence-electron chi connectivity index (χ4n) is 11.3. The first-order chi connectivity index (χ1) is 30.3. The van der Waals surface area contributed by atoms with Crippen molar-refractivity contribution in [1.29, 1.82) is 0 Å². The van der Waals surface area contributed by atoms with Gasteiger partial charge in [-0.1, -0.05) is 149 Å². The molecule has 0 bridgehead atoms. The second-order valence-corrected chi connectivity index (χ2v) is 18.8. The first kappa shape index (κ1) is 35.5. The van der Waals surface area contributed by atoms with Gasteiger partial charge in [-0.25, -0.2) is 9.97 Å². The third-order valence-corrected chi connectivity index (χ3v) is 14.3. The minimum atomic E-state index is -0.0116. The maximum atomic E-state index is 5.59. The second-order valence-electron chi connectivity index (χ2n) is 18.8. The summed E-state index contributed by atoms with van der Waals surface area (Å²) in [6, 6.07) is 62.2. The van der Waals surface area contributed by atoms with Crippen molar-refractivity contribution in [3.8, 4) is 22.8 Å². The van der Waals surface area contributed by atoms with Crippen molar-refractivity contribution in [2.75, 3.05) is 0 Å². The highest BCUT2D eigenvalue weighted by Crippen LogP contribution is 2.52. The van der Waals surface area contributed by atoms with Crippen molar-refractivity contribution in [3.05, 3.63) is 181 Å². The molecule has 0 saturated heterocycles. The van der Waals surface area contributed by atoms with Crippen LogP contribution in [0.4, 0.5) is 0 Å². The Hall–Kier alpha value is -7.30. The van der Waals surface area contributed by atoms with Crippen LogP contribution < -0.4 is 0 Å². The average Bonchev–Trinajstić information content (AvgIpc) is 3.81. The summed E-state index contributed by atoms with van der Waals surface area (Å²) < 4.78 is 4.96. The zero-order valence-electron chi connectivity index (χ0n) is 35.4. The molecule has 13 rings (SSSR count). The average molecular weight is 797 g/mol. The van der Waals surface area contributed by atoms with Crippen molar-refractivity contribution in [1.82, 2.24) is 19.1 Å². The van der Waals surface area contributed by atoms with Crippen LogP contribution in [0, 0.1) is 0 Å². The van der Waals surface area contributed by atoms with E-state index in [0.29, 0.717) is 0 Å². The summed E-state index contributed by atoms with van der Waals surface area (Å²) in [5, 5.41) is 12.6. The lowest BCUT2D eigenvalue weighted by Gasteiger charge is -2.42. The molecule has 1 aliphatic rings. The molecule has 0 radical (unpaired) electrons. The van der Waals surface area contributed by atoms with E-state index in [4.69, 9.17) is 9.97 Å². The minimum Gasteiger partial charge on any atom is -0.309 e. The first-order valence-corrected chi connectivity index (χ1v) is 22.0. The lowest BCUT2D eigenvalue weighted by atomic mass is 9.62. The second kappa shape index (κ2) is 12.6. The number of aromatic nitrogens is 4. The molecule has 4 nitrogen and oxygen atoms in total. The van der Waals surface area contributed by atoms with E-state index in [9.17, 15) is 0 Å². The molecule has 0 spiro atoms. The van der Waals surface area contributed by atoms with Crippen LogP contribution >= 0.6 is 0 Å². The molecule has 0 atom stereocenters. The van der Waals surface area contributed by atoms with Crippen LogP contribution in [-0.4, -0.2) is 19.1 Å². The van der Waals surface area contributed by atoms with Crippen LogP contribution in [0.15, 0.2) is 170 Å². The Labute approximate surface area is 359 Å². The Kier molecular flexibility index (Phi) is 7.22. The summed E-state index contributed by atoms with van der Waals surface area (Å²) in [5.41, 5.74) is 12.5. The highest BCUT2D eigenvalue weighted by Gasteiger charge is 2.39. The predicted octanol–water partition coefficient (Wildman–Crippen LogP) is 15.3. The molecular weight excluding hydrogens is 753 g/mol. The van der Waals surface area contributed by atoms with E-state index in [1.807, 2.05) is 0 Å². The molecule has 0 saturated carbocycles. The van der Waals surface area contributed by atoms with Crippen molar-refractivity contribution in [2.45, 2.75) is 51.4 Å². The van der Waals surface area contributed by atoms with E-state index in [1.54, 1.807) is 0 Å². The Morgan fingerprint density at radius 2 is 0.919 bits per heavy atom. The van der Waals surface area contributed by atoms with Crippen molar-refractivity contribution < 1.29 is 0 Å². The normalized spacial score (nSPS) is 14.9. The molecule has 1 aliphatic carbocycles. The smallest absolute Gasteiger partial charge is 0.165 e. The molecule has 3 aromatic heterocycles. The molecule has 4 heteroatoms. The summed E-state index contributed by atoms with van der Waals surface area (Å²) >= 11 is 0. The van der Waals surface area contributed by atoms with Gasteiger partial charge in [0.1, 0.15) is 5.69 Å². The fourth-order valence-corrected chi connectivity index (χ4v) is 11.3. The highest BCUT2D eigenvalue weighted by atomic mass is 15.1. The van der Waals surface area contributed by atoms with E-state index in [0.717, 1.165) is 57.7 Å². The van der Waals surface area contributed by atoms with E-state index in [1.165, 1.54) is 76.0 Å². The van der Waals surface area contributed by atoms with Gasteiger partial charge < -0.3 is 4.57 Å². The van der Waals surface area contributed by atoms with Crippen LogP contribution in [0.1, 0.15) is 51.7 Å². The number of para-hydroxylation sites is 3. The Morgan fingerprint density at radius 1 is 0.403 bits per heavy atom. The van der Waals surface area contributed by atoms with Crippen molar-refractivity contribution >= 4 is 87.0 Å². The maximum Gasteiger partial charge on any atom is 0.165 e. The Balaban J connectivity index is 1.31. The summed E-state index contributed by atoms with van der Waals surface area (Å²) in [6.07, 6.45) is 2.29. The zero-order valence-corrected chi connectivity index (χ0v) is 35.4. The molecule has 0 amide bonds. The quantitative estimate of drug-likeness (QED) is 0.167. The van der Waals surface area contributed by atoms with Gasteiger partial charge in [-0.15, -0.1) is 0 Å². The standard InChI is InChI=1S/C58H44N4/c1-57(2)31-32-58(3,4)54-44(57)28-30-48-53(54)43-34-50-42(33-49(43)61(48)36-19-9-6-10-20-36)52-47(29-27-41-39-23-12-11-21-37(39)38-22-13-14-24-40(38)51(41)52)62(50)56-55(35-17-7-5-8-18-35)59-45-25-15-16-26-46(45)60-56/h5-30,33-34H,31-32H2,1-4H3. The summed E-state index contributed by atoms with van der Waals surface area (Å²) in [7, 11) is 0. The third kappa shape index (κ3) is 4.83. The van der Waals surface area contributed by atoms with Crippen LogP contribution in [-0.2, 0) is 10.8 Å². The summed E-state index contributed by atoms with van der Waals surface area (Å²) in [4.78, 5) is 11.0. The van der Waals surface area contributed by atoms with Gasteiger partial charge >= 0.3 is 0 Å². The SMILES string of the molecule is CC1(C)CCC(C)(C)c2c1ccc1c2c2cc3c(cc2n1-c1ccccc1)c1c2c4ccccc4c4ccccc4c2ccc1n3-c1nc2ccccc2nc1-c1ccccc1. The van der Waals surface area contributed by atoms with Crippen LogP contribution in [0.25, 0.3) is 110 Å². The van der Waals surface area contributed by atoms with Gasteiger partial charge in [-0.2, -0.15) is 0 Å². The number of rotatable bonds is 3. The zero-order chi connectivity index (χ0) is 41.5. The lowest BCUT2D eigenvalue weighted by Crippen LogP contribution is -2.34. The van der Waals surface area contributed by atoms with Crippen molar-refractivity contribution in [3.63, 3.8) is 0 Å². The van der Waals surface area contributed by atoms with Crippen LogP contribution in [0.5, 0.6) is 0 Å². The molecule has 9 aromatic carbocycles. The van der Waals surface area contributed by atoms with Gasteiger partial charge in [0, 0.05) is 38.2 Å². The predicted molar refractivity (Wildman–Crippen MR) is 261 cm³/mol.